The molecule has 1 heterocycles. The second-order valence-corrected chi connectivity index (χ2v) is 7.14. The number of carbonyl (C=O) groups excluding carboxylic acids is 1. The number of rotatable bonds is 7. The van der Waals surface area contributed by atoms with Crippen molar-refractivity contribution < 1.29 is 9.90 Å². The van der Waals surface area contributed by atoms with Gasteiger partial charge in [0.05, 0.1) is 22.7 Å². The average Bonchev–Trinajstić information content (AvgIpc) is 2.97. The van der Waals surface area contributed by atoms with Crippen LogP contribution in [0.2, 0.25) is 0 Å². The Bertz CT molecular complexity index is 635. The number of nitrogens with one attached hydrogen (secondary N) is 1. The molecule has 2 rings (SSSR count). The molecule has 0 aliphatic carbocycles. The Hall–Kier alpha value is -1.72. The summed E-state index contributed by atoms with van der Waals surface area (Å²) in [6.45, 7) is 6.44. The van der Waals surface area contributed by atoms with Crippen molar-refractivity contribution in [3.63, 3.8) is 0 Å². The number of benzene rings is 1. The lowest BCUT2D eigenvalue weighted by atomic mass is 9.92. The summed E-state index contributed by atoms with van der Waals surface area (Å²) in [5, 5.41) is 16.5. The molecule has 124 valence electrons. The zero-order valence-corrected chi connectivity index (χ0v) is 14.7. The lowest BCUT2D eigenvalue weighted by Gasteiger charge is -2.23. The molecule has 5 heteroatoms. The van der Waals surface area contributed by atoms with Crippen LogP contribution in [0.1, 0.15) is 49.4 Å². The highest BCUT2D eigenvalue weighted by Crippen LogP contribution is 2.24. The Morgan fingerprint density at radius 3 is 2.65 bits per heavy atom. The fourth-order valence-corrected chi connectivity index (χ4v) is 3.18. The van der Waals surface area contributed by atoms with Gasteiger partial charge in [-0.3, -0.25) is 4.79 Å². The van der Waals surface area contributed by atoms with Crippen molar-refractivity contribution in [2.75, 3.05) is 6.54 Å². The molecule has 1 amide bonds. The Balaban J connectivity index is 1.80. The lowest BCUT2D eigenvalue weighted by Crippen LogP contribution is -2.33. The molecule has 0 aliphatic rings. The minimum atomic E-state index is -1.16. The first-order chi connectivity index (χ1) is 10.9. The van der Waals surface area contributed by atoms with Gasteiger partial charge in [-0.25, -0.2) is 4.98 Å². The van der Waals surface area contributed by atoms with E-state index in [0.29, 0.717) is 18.9 Å². The van der Waals surface area contributed by atoms with Crippen LogP contribution in [0.25, 0.3) is 0 Å². The summed E-state index contributed by atoms with van der Waals surface area (Å²) in [6, 6.07) is 9.26. The van der Waals surface area contributed by atoms with E-state index in [1.54, 1.807) is 18.3 Å². The molecule has 1 atom stereocenters. The van der Waals surface area contributed by atoms with Crippen LogP contribution in [0.5, 0.6) is 0 Å². The average molecular weight is 332 g/mol. The molecule has 0 saturated carbocycles. The van der Waals surface area contributed by atoms with Gasteiger partial charge in [-0.2, -0.15) is 0 Å². The second kappa shape index (κ2) is 7.70. The van der Waals surface area contributed by atoms with Gasteiger partial charge in [-0.15, -0.1) is 11.3 Å². The second-order valence-electron chi connectivity index (χ2n) is 6.25. The van der Waals surface area contributed by atoms with Crippen LogP contribution in [0.15, 0.2) is 35.7 Å². The Labute approximate surface area is 141 Å². The Kier molecular flexibility index (Phi) is 5.91. The summed E-state index contributed by atoms with van der Waals surface area (Å²) in [5.41, 5.74) is 0.599. The van der Waals surface area contributed by atoms with Crippen molar-refractivity contribution in [3.8, 4) is 0 Å². The SMILES string of the molecule is CC(C)c1nc(CCNC(=O)CC(C)(O)c2ccccc2)cs1. The van der Waals surface area contributed by atoms with Crippen molar-refractivity contribution in [1.82, 2.24) is 10.3 Å². The predicted molar refractivity (Wildman–Crippen MR) is 93.5 cm³/mol. The fourth-order valence-electron chi connectivity index (χ4n) is 2.31. The van der Waals surface area contributed by atoms with Crippen LogP contribution < -0.4 is 5.32 Å². The van der Waals surface area contributed by atoms with Gasteiger partial charge in [0.25, 0.3) is 0 Å². The molecule has 0 saturated heterocycles. The number of aliphatic hydroxyl groups is 1. The minimum absolute atomic E-state index is 0.0469. The highest BCUT2D eigenvalue weighted by atomic mass is 32.1. The highest BCUT2D eigenvalue weighted by molar-refractivity contribution is 7.09. The van der Waals surface area contributed by atoms with Gasteiger partial charge in [0.1, 0.15) is 0 Å². The van der Waals surface area contributed by atoms with Gasteiger partial charge in [0.15, 0.2) is 0 Å². The van der Waals surface area contributed by atoms with E-state index in [2.05, 4.69) is 24.1 Å². The molecule has 0 fully saturated rings. The number of amides is 1. The Morgan fingerprint density at radius 2 is 2.04 bits per heavy atom. The minimum Gasteiger partial charge on any atom is -0.385 e. The molecule has 1 aromatic carbocycles. The molecule has 0 spiro atoms. The molecule has 0 radical (unpaired) electrons. The maximum Gasteiger partial charge on any atom is 0.223 e. The predicted octanol–water partition coefficient (Wildman–Crippen LogP) is 3.22. The van der Waals surface area contributed by atoms with E-state index in [4.69, 9.17) is 0 Å². The summed E-state index contributed by atoms with van der Waals surface area (Å²) in [7, 11) is 0. The van der Waals surface area contributed by atoms with Crippen LogP contribution in [-0.2, 0) is 16.8 Å². The van der Waals surface area contributed by atoms with Gasteiger partial charge in [-0.05, 0) is 12.5 Å². The monoisotopic (exact) mass is 332 g/mol. The molecule has 2 aromatic rings. The van der Waals surface area contributed by atoms with E-state index in [0.717, 1.165) is 16.3 Å². The summed E-state index contributed by atoms with van der Waals surface area (Å²) in [5.74, 6) is 0.280. The molecule has 23 heavy (non-hydrogen) atoms. The Morgan fingerprint density at radius 1 is 1.35 bits per heavy atom. The van der Waals surface area contributed by atoms with Crippen molar-refractivity contribution >= 4 is 17.2 Å². The number of nitrogens with zero attached hydrogens (tertiary/aromatic N) is 1. The largest absolute Gasteiger partial charge is 0.385 e. The van der Waals surface area contributed by atoms with Gasteiger partial charge in [0, 0.05) is 24.3 Å². The molecule has 0 aliphatic heterocycles. The number of carbonyl (C=O) groups is 1. The molecular formula is C18H24N2O2S. The molecule has 4 nitrogen and oxygen atoms in total. The summed E-state index contributed by atoms with van der Waals surface area (Å²) < 4.78 is 0. The van der Waals surface area contributed by atoms with Crippen molar-refractivity contribution in [2.45, 2.75) is 45.1 Å². The first-order valence-corrected chi connectivity index (χ1v) is 8.75. The van der Waals surface area contributed by atoms with Crippen LogP contribution >= 0.6 is 11.3 Å². The van der Waals surface area contributed by atoms with Crippen LogP contribution in [-0.4, -0.2) is 22.5 Å². The molecular weight excluding hydrogens is 308 g/mol. The number of thiazole rings is 1. The third-order valence-corrected chi connectivity index (χ3v) is 4.86. The quantitative estimate of drug-likeness (QED) is 0.818. The van der Waals surface area contributed by atoms with Gasteiger partial charge in [-0.1, -0.05) is 44.2 Å². The third-order valence-electron chi connectivity index (χ3n) is 3.67. The molecule has 1 unspecified atom stereocenters. The topological polar surface area (TPSA) is 62.2 Å². The van der Waals surface area contributed by atoms with E-state index in [9.17, 15) is 9.90 Å². The van der Waals surface area contributed by atoms with E-state index < -0.39 is 5.60 Å². The maximum atomic E-state index is 12.0. The first kappa shape index (κ1) is 17.6. The van der Waals surface area contributed by atoms with Crippen LogP contribution in [0.3, 0.4) is 0 Å². The lowest BCUT2D eigenvalue weighted by molar-refractivity contribution is -0.125. The normalized spacial score (nSPS) is 13.8. The zero-order chi connectivity index (χ0) is 16.9. The van der Waals surface area contributed by atoms with Crippen LogP contribution in [0, 0.1) is 0 Å². The number of hydrogen-bond donors (Lipinski definition) is 2. The van der Waals surface area contributed by atoms with E-state index in [1.165, 1.54) is 0 Å². The third kappa shape index (κ3) is 5.15. The molecule has 2 N–H and O–H groups in total. The fraction of sp³-hybridized carbons (Fsp3) is 0.444. The number of aromatic nitrogens is 1. The van der Waals surface area contributed by atoms with Crippen molar-refractivity contribution in [2.24, 2.45) is 0 Å². The molecule has 0 bridgehead atoms. The van der Waals surface area contributed by atoms with E-state index in [1.807, 2.05) is 35.7 Å². The van der Waals surface area contributed by atoms with Crippen LogP contribution in [0.4, 0.5) is 0 Å². The van der Waals surface area contributed by atoms with Crippen molar-refractivity contribution in [1.29, 1.82) is 0 Å². The maximum absolute atomic E-state index is 12.0. The zero-order valence-electron chi connectivity index (χ0n) is 13.9. The van der Waals surface area contributed by atoms with Crippen molar-refractivity contribution in [3.05, 3.63) is 52.0 Å². The number of hydrogen-bond acceptors (Lipinski definition) is 4. The standard InChI is InChI=1S/C18H24N2O2S/c1-13(2)17-20-15(12-23-17)9-10-19-16(21)11-18(3,22)14-7-5-4-6-8-14/h4-8,12-13,22H,9-11H2,1-3H3,(H,19,21). The first-order valence-electron chi connectivity index (χ1n) is 7.87. The van der Waals surface area contributed by atoms with E-state index >= 15 is 0 Å². The van der Waals surface area contributed by atoms with Gasteiger partial charge < -0.3 is 10.4 Å². The summed E-state index contributed by atoms with van der Waals surface area (Å²) >= 11 is 1.66. The highest BCUT2D eigenvalue weighted by Gasteiger charge is 2.26. The summed E-state index contributed by atoms with van der Waals surface area (Å²) in [4.78, 5) is 16.6. The van der Waals surface area contributed by atoms with E-state index in [-0.39, 0.29) is 12.3 Å². The molecule has 1 aromatic heterocycles. The smallest absolute Gasteiger partial charge is 0.223 e. The summed E-state index contributed by atoms with van der Waals surface area (Å²) in [6.07, 6.45) is 0.758. The van der Waals surface area contributed by atoms with Gasteiger partial charge >= 0.3 is 0 Å². The van der Waals surface area contributed by atoms with Gasteiger partial charge in [0.2, 0.25) is 5.91 Å².